The Kier molecular flexibility index (Phi) is 3.42. The SMILES string of the molecule is CCc1nn(C(=O)c2c(Cl)cccc2C2CC2)c2cccnc12. The van der Waals surface area contributed by atoms with Gasteiger partial charge in [0, 0.05) is 6.20 Å². The fourth-order valence-corrected chi connectivity index (χ4v) is 3.27. The van der Waals surface area contributed by atoms with Crippen molar-refractivity contribution in [2.45, 2.75) is 32.1 Å². The Morgan fingerprint density at radius 3 is 2.87 bits per heavy atom. The van der Waals surface area contributed by atoms with Gasteiger partial charge in [0.15, 0.2) is 0 Å². The summed E-state index contributed by atoms with van der Waals surface area (Å²) in [6, 6.07) is 9.38. The van der Waals surface area contributed by atoms with Crippen molar-refractivity contribution < 1.29 is 4.79 Å². The summed E-state index contributed by atoms with van der Waals surface area (Å²) in [5, 5.41) is 4.98. The van der Waals surface area contributed by atoms with Crippen LogP contribution in [0, 0.1) is 0 Å². The van der Waals surface area contributed by atoms with Crippen molar-refractivity contribution in [2.24, 2.45) is 0 Å². The lowest BCUT2D eigenvalue weighted by atomic mass is 10.0. The first-order valence-corrected chi connectivity index (χ1v) is 8.24. The first-order valence-electron chi connectivity index (χ1n) is 7.86. The summed E-state index contributed by atoms with van der Waals surface area (Å²) in [5.74, 6) is 0.272. The summed E-state index contributed by atoms with van der Waals surface area (Å²) < 4.78 is 1.45. The predicted molar refractivity (Wildman–Crippen MR) is 90.1 cm³/mol. The highest BCUT2D eigenvalue weighted by molar-refractivity contribution is 6.34. The monoisotopic (exact) mass is 325 g/mol. The molecule has 1 aliphatic carbocycles. The largest absolute Gasteiger partial charge is 0.280 e. The molecule has 0 radical (unpaired) electrons. The molecule has 1 aromatic carbocycles. The highest BCUT2D eigenvalue weighted by Crippen LogP contribution is 2.43. The lowest BCUT2D eigenvalue weighted by Crippen LogP contribution is -2.16. The van der Waals surface area contributed by atoms with E-state index in [1.54, 1.807) is 12.3 Å². The number of pyridine rings is 1. The quantitative estimate of drug-likeness (QED) is 0.724. The smallest absolute Gasteiger partial charge is 0.267 e. The third-order valence-electron chi connectivity index (χ3n) is 4.31. The van der Waals surface area contributed by atoms with Gasteiger partial charge in [-0.2, -0.15) is 9.78 Å². The van der Waals surface area contributed by atoms with E-state index in [0.717, 1.165) is 41.6 Å². The molecule has 0 saturated heterocycles. The maximum absolute atomic E-state index is 13.2. The zero-order valence-corrected chi connectivity index (χ0v) is 13.5. The molecule has 1 aliphatic rings. The Balaban J connectivity index is 1.91. The average molecular weight is 326 g/mol. The van der Waals surface area contributed by atoms with E-state index < -0.39 is 0 Å². The minimum Gasteiger partial charge on any atom is -0.267 e. The fourth-order valence-electron chi connectivity index (χ4n) is 3.01. The molecule has 23 heavy (non-hydrogen) atoms. The van der Waals surface area contributed by atoms with Crippen molar-refractivity contribution >= 4 is 28.5 Å². The minimum atomic E-state index is -0.171. The Bertz CT molecular complexity index is 912. The van der Waals surface area contributed by atoms with Crippen LogP contribution < -0.4 is 0 Å². The van der Waals surface area contributed by atoms with Crippen molar-refractivity contribution in [1.29, 1.82) is 0 Å². The van der Waals surface area contributed by atoms with Crippen LogP contribution in [0.4, 0.5) is 0 Å². The third-order valence-corrected chi connectivity index (χ3v) is 4.63. The number of fused-ring (bicyclic) bond motifs is 1. The van der Waals surface area contributed by atoms with E-state index in [2.05, 4.69) is 10.1 Å². The lowest BCUT2D eigenvalue weighted by Gasteiger charge is -2.10. The molecule has 0 spiro atoms. The predicted octanol–water partition coefficient (Wildman–Crippen LogP) is 4.21. The number of rotatable bonds is 3. The molecule has 1 saturated carbocycles. The number of hydrogen-bond donors (Lipinski definition) is 0. The van der Waals surface area contributed by atoms with Crippen LogP contribution in [0.3, 0.4) is 0 Å². The van der Waals surface area contributed by atoms with Crippen molar-refractivity contribution in [2.75, 3.05) is 0 Å². The van der Waals surface area contributed by atoms with Crippen LogP contribution in [0.2, 0.25) is 5.02 Å². The molecule has 4 rings (SSSR count). The molecule has 0 atom stereocenters. The number of hydrogen-bond acceptors (Lipinski definition) is 3. The summed E-state index contributed by atoms with van der Waals surface area (Å²) in [6.45, 7) is 2.01. The van der Waals surface area contributed by atoms with Crippen LogP contribution in [0.5, 0.6) is 0 Å². The summed E-state index contributed by atoms with van der Waals surface area (Å²) >= 11 is 6.36. The summed E-state index contributed by atoms with van der Waals surface area (Å²) in [6.07, 6.45) is 4.68. The second-order valence-corrected chi connectivity index (χ2v) is 6.27. The molecule has 1 fully saturated rings. The molecule has 4 nitrogen and oxygen atoms in total. The summed E-state index contributed by atoms with van der Waals surface area (Å²) in [7, 11) is 0. The van der Waals surface area contributed by atoms with E-state index in [1.807, 2.05) is 31.2 Å². The second kappa shape index (κ2) is 5.46. The van der Waals surface area contributed by atoms with Gasteiger partial charge in [-0.3, -0.25) is 9.78 Å². The molecule has 0 N–H and O–H groups in total. The third kappa shape index (κ3) is 2.34. The van der Waals surface area contributed by atoms with Gasteiger partial charge in [0.1, 0.15) is 5.52 Å². The van der Waals surface area contributed by atoms with Crippen molar-refractivity contribution in [3.8, 4) is 0 Å². The summed E-state index contributed by atoms with van der Waals surface area (Å²) in [4.78, 5) is 17.5. The van der Waals surface area contributed by atoms with Crippen molar-refractivity contribution in [3.63, 3.8) is 0 Å². The number of carbonyl (C=O) groups excluding carboxylic acids is 1. The molecule has 0 amide bonds. The van der Waals surface area contributed by atoms with Crippen LogP contribution in [0.1, 0.15) is 47.3 Å². The molecule has 3 aromatic rings. The number of nitrogens with zero attached hydrogens (tertiary/aromatic N) is 3. The normalized spacial score (nSPS) is 14.3. The minimum absolute atomic E-state index is 0.171. The Labute approximate surface area is 139 Å². The topological polar surface area (TPSA) is 47.8 Å². The average Bonchev–Trinajstić information content (AvgIpc) is 3.35. The first-order chi connectivity index (χ1) is 11.2. The zero-order valence-electron chi connectivity index (χ0n) is 12.8. The van der Waals surface area contributed by atoms with E-state index in [0.29, 0.717) is 16.5 Å². The van der Waals surface area contributed by atoms with Crippen molar-refractivity contribution in [1.82, 2.24) is 14.8 Å². The van der Waals surface area contributed by atoms with Crippen LogP contribution >= 0.6 is 11.6 Å². The second-order valence-electron chi connectivity index (χ2n) is 5.87. The molecule has 0 unspecified atom stereocenters. The molecule has 0 aliphatic heterocycles. The van der Waals surface area contributed by atoms with Gasteiger partial charge in [-0.05, 0) is 48.9 Å². The number of aromatic nitrogens is 3. The van der Waals surface area contributed by atoms with Gasteiger partial charge in [-0.1, -0.05) is 30.7 Å². The molecule has 0 bridgehead atoms. The van der Waals surface area contributed by atoms with Crippen LogP contribution in [0.15, 0.2) is 36.5 Å². The van der Waals surface area contributed by atoms with E-state index in [-0.39, 0.29) is 5.91 Å². The maximum Gasteiger partial charge on any atom is 0.280 e. The number of carbonyl (C=O) groups is 1. The number of halogens is 1. The summed E-state index contributed by atoms with van der Waals surface area (Å²) in [5.41, 5.74) is 3.95. The van der Waals surface area contributed by atoms with Gasteiger partial charge in [0.05, 0.1) is 21.8 Å². The van der Waals surface area contributed by atoms with Gasteiger partial charge in [0.25, 0.3) is 5.91 Å². The van der Waals surface area contributed by atoms with Gasteiger partial charge in [-0.15, -0.1) is 0 Å². The Morgan fingerprint density at radius 2 is 2.13 bits per heavy atom. The van der Waals surface area contributed by atoms with E-state index >= 15 is 0 Å². The first kappa shape index (κ1) is 14.4. The Morgan fingerprint density at radius 1 is 1.30 bits per heavy atom. The molecule has 5 heteroatoms. The van der Waals surface area contributed by atoms with Gasteiger partial charge in [-0.25, -0.2) is 0 Å². The van der Waals surface area contributed by atoms with E-state index in [1.165, 1.54) is 4.68 Å². The van der Waals surface area contributed by atoms with Crippen molar-refractivity contribution in [3.05, 3.63) is 58.4 Å². The maximum atomic E-state index is 13.2. The molecular weight excluding hydrogens is 310 g/mol. The number of aryl methyl sites for hydroxylation is 1. The number of benzene rings is 1. The Hall–Kier alpha value is -2.20. The zero-order chi connectivity index (χ0) is 16.0. The lowest BCUT2D eigenvalue weighted by molar-refractivity contribution is 0.0949. The molecule has 116 valence electrons. The molecular formula is C18H16ClN3O. The van der Waals surface area contributed by atoms with Crippen LogP contribution in [-0.2, 0) is 6.42 Å². The van der Waals surface area contributed by atoms with Gasteiger partial charge < -0.3 is 0 Å². The van der Waals surface area contributed by atoms with Crippen LogP contribution in [-0.4, -0.2) is 20.7 Å². The van der Waals surface area contributed by atoms with Gasteiger partial charge >= 0.3 is 0 Å². The highest BCUT2D eigenvalue weighted by atomic mass is 35.5. The molecule has 2 heterocycles. The van der Waals surface area contributed by atoms with E-state index in [4.69, 9.17) is 11.6 Å². The standard InChI is InChI=1S/C18H16ClN3O/c1-2-14-17-15(7-4-10-20-17)22(21-14)18(23)16-12(11-8-9-11)5-3-6-13(16)19/h3-7,10-11H,2,8-9H2,1H3. The highest BCUT2D eigenvalue weighted by Gasteiger charge is 2.30. The fraction of sp³-hybridized carbons (Fsp3) is 0.278. The van der Waals surface area contributed by atoms with Crippen LogP contribution in [0.25, 0.3) is 11.0 Å². The van der Waals surface area contributed by atoms with E-state index in [9.17, 15) is 4.79 Å². The molecule has 2 aromatic heterocycles. The van der Waals surface area contributed by atoms with Gasteiger partial charge in [0.2, 0.25) is 0 Å².